The maximum atomic E-state index is 13.3. The third-order valence-corrected chi connectivity index (χ3v) is 10.7. The maximum absolute atomic E-state index is 13.3. The number of thioether (sulfide) groups is 1. The van der Waals surface area contributed by atoms with E-state index >= 15 is 0 Å². The number of thiazole rings is 1. The highest BCUT2D eigenvalue weighted by atomic mass is 35.5. The van der Waals surface area contributed by atoms with Gasteiger partial charge in [0.2, 0.25) is 5.91 Å². The Morgan fingerprint density at radius 2 is 2.00 bits per heavy atom. The van der Waals surface area contributed by atoms with Crippen LogP contribution in [0.1, 0.15) is 35.3 Å². The van der Waals surface area contributed by atoms with Crippen LogP contribution in [-0.4, -0.2) is 110 Å². The molecule has 0 spiro atoms. The van der Waals surface area contributed by atoms with Crippen molar-refractivity contribution in [3.8, 4) is 11.5 Å². The van der Waals surface area contributed by atoms with Crippen LogP contribution >= 0.6 is 34.7 Å². The molecule has 0 radical (unpaired) electrons. The van der Waals surface area contributed by atoms with Crippen LogP contribution < -0.4 is 11.1 Å². The molecule has 6 N–H and O–H groups in total. The Hall–Kier alpha value is -3.86. The fourth-order valence-electron chi connectivity index (χ4n) is 6.07. The number of nitrogens with zero attached hydrogens (tertiary/aromatic N) is 4. The number of aromatic nitrogens is 1. The molecule has 0 bridgehead atoms. The minimum absolute atomic E-state index is 0.0196. The lowest BCUT2D eigenvalue weighted by atomic mass is 9.89. The number of ketones is 1. The van der Waals surface area contributed by atoms with Crippen LogP contribution in [0.4, 0.5) is 5.13 Å². The van der Waals surface area contributed by atoms with Gasteiger partial charge in [-0.25, -0.2) is 9.78 Å². The number of β-lactam (4-membered cyclic amide) rings is 1. The summed E-state index contributed by atoms with van der Waals surface area (Å²) in [4.78, 5) is 62.0. The van der Waals surface area contributed by atoms with Crippen molar-refractivity contribution < 1.29 is 43.8 Å². The first-order valence-corrected chi connectivity index (χ1v) is 16.4. The number of Topliss-reactive ketones (excluding diaryl/α,β-unsaturated/α-hetero) is 1. The van der Waals surface area contributed by atoms with Gasteiger partial charge in [0.05, 0.1) is 48.1 Å². The smallest absolute Gasteiger partial charge is 0.352 e. The second-order valence-electron chi connectivity index (χ2n) is 11.0. The number of phenolic OH excluding ortho intramolecular Hbond substituents is 2. The molecule has 17 heteroatoms. The van der Waals surface area contributed by atoms with Crippen molar-refractivity contribution in [2.45, 2.75) is 24.6 Å². The number of nitrogens with one attached hydrogen (secondary N) is 1. The average molecular weight is 680 g/mol. The minimum atomic E-state index is -1.21. The highest BCUT2D eigenvalue weighted by Gasteiger charge is 2.55. The Labute approximate surface area is 271 Å². The van der Waals surface area contributed by atoms with Gasteiger partial charge in [0.1, 0.15) is 25.0 Å². The number of rotatable bonds is 12. The van der Waals surface area contributed by atoms with Crippen LogP contribution in [0.25, 0.3) is 0 Å². The summed E-state index contributed by atoms with van der Waals surface area (Å²) in [5, 5.41) is 37.3. The van der Waals surface area contributed by atoms with Crippen LogP contribution in [-0.2, 0) is 19.2 Å². The van der Waals surface area contributed by atoms with Crippen molar-refractivity contribution in [3.63, 3.8) is 0 Å². The van der Waals surface area contributed by atoms with Crippen LogP contribution in [0, 0.1) is 5.92 Å². The number of aliphatic carboxylic acids is 1. The zero-order chi connectivity index (χ0) is 32.5. The molecular weight excluding hydrogens is 648 g/mol. The highest BCUT2D eigenvalue weighted by molar-refractivity contribution is 8.00. The molecule has 5 rings (SSSR count). The number of likely N-dealkylation sites (tertiary alicyclic amines) is 1. The molecule has 0 aliphatic carbocycles. The number of nitrogen functional groups attached to an aromatic ring is 1. The van der Waals surface area contributed by atoms with Crippen molar-refractivity contribution in [2.24, 2.45) is 11.1 Å². The number of amides is 2. The number of carbonyl (C=O) groups is 4. The van der Waals surface area contributed by atoms with E-state index < -0.39 is 46.4 Å². The zero-order valence-corrected chi connectivity index (χ0v) is 26.6. The highest BCUT2D eigenvalue weighted by Crippen LogP contribution is 2.46. The zero-order valence-electron chi connectivity index (χ0n) is 24.2. The van der Waals surface area contributed by atoms with E-state index in [1.54, 1.807) is 5.38 Å². The van der Waals surface area contributed by atoms with Gasteiger partial charge in [0, 0.05) is 36.0 Å². The van der Waals surface area contributed by atoms with E-state index in [1.807, 2.05) is 0 Å². The molecule has 2 saturated heterocycles. The summed E-state index contributed by atoms with van der Waals surface area (Å²) in [6, 6.07) is 2.50. The van der Waals surface area contributed by atoms with Gasteiger partial charge in [0.25, 0.3) is 5.91 Å². The number of fused-ring (bicyclic) bond motifs is 1. The number of anilines is 1. The summed E-state index contributed by atoms with van der Waals surface area (Å²) in [7, 11) is 1.29. The van der Waals surface area contributed by atoms with E-state index in [0.717, 1.165) is 37.3 Å². The monoisotopic (exact) mass is 679 g/mol. The van der Waals surface area contributed by atoms with Gasteiger partial charge in [-0.2, -0.15) is 0 Å². The number of hydrogen-bond donors (Lipinski definition) is 5. The van der Waals surface area contributed by atoms with Gasteiger partial charge >= 0.3 is 5.97 Å². The molecule has 240 valence electrons. The topological polar surface area (TPSA) is 205 Å². The van der Waals surface area contributed by atoms with Crippen molar-refractivity contribution in [3.05, 3.63) is 45.1 Å². The lowest BCUT2D eigenvalue weighted by molar-refractivity contribution is -0.911. The van der Waals surface area contributed by atoms with E-state index in [-0.39, 0.29) is 45.8 Å². The van der Waals surface area contributed by atoms with E-state index in [4.69, 9.17) is 22.2 Å². The van der Waals surface area contributed by atoms with E-state index in [0.29, 0.717) is 28.9 Å². The summed E-state index contributed by atoms with van der Waals surface area (Å²) in [5.41, 5.74) is 6.49. The molecule has 45 heavy (non-hydrogen) atoms. The largest absolute Gasteiger partial charge is 0.504 e. The molecule has 3 aliphatic rings. The SMILES string of the molecule is CO/N=C(\C(=O)C[C@@H]1C(=O)N2C(C(=O)O)=C(C[N+]3(CCNC(=O)c4ccc(O)c(O)c4Cl)CCCC3)CSC12)c1csc(N)n1. The Morgan fingerprint density at radius 1 is 1.27 bits per heavy atom. The van der Waals surface area contributed by atoms with Gasteiger partial charge in [-0.1, -0.05) is 16.8 Å². The number of hydrogen-bond acceptors (Lipinski definition) is 12. The van der Waals surface area contributed by atoms with Gasteiger partial charge in [-0.15, -0.1) is 23.1 Å². The standard InChI is InChI=1S/C28H31ClN6O8S2/c1-43-33-21(17-13-45-28(30)32-17)19(37)10-16-25(40)34-22(27(41)42)14(12-44-26(16)34)11-35(7-2-3-8-35)9-6-31-24(39)15-4-5-18(36)23(38)20(15)29/h4-5,13,16,26H,2-3,6-12H2,1H3,(H5-,30,31,32,33,36,37,38,39,41,42)/p+1/t16-,26?/m1/s1. The fraction of sp³-hybridized carbons (Fsp3) is 0.429. The number of carboxylic acids is 1. The number of oxime groups is 1. The second kappa shape index (κ2) is 13.2. The summed E-state index contributed by atoms with van der Waals surface area (Å²) in [5.74, 6) is -3.99. The molecule has 3 aliphatic heterocycles. The van der Waals surface area contributed by atoms with Gasteiger partial charge in [-0.05, 0) is 12.1 Å². The maximum Gasteiger partial charge on any atom is 0.352 e. The predicted octanol–water partition coefficient (Wildman–Crippen LogP) is 2.01. The normalized spacial score (nSPS) is 20.9. The summed E-state index contributed by atoms with van der Waals surface area (Å²) in [6.07, 6.45) is 1.68. The Morgan fingerprint density at radius 3 is 2.64 bits per heavy atom. The molecule has 1 aromatic carbocycles. The third-order valence-electron chi connectivity index (χ3n) is 8.23. The predicted molar refractivity (Wildman–Crippen MR) is 167 cm³/mol. The Bertz CT molecular complexity index is 1600. The minimum Gasteiger partial charge on any atom is -0.504 e. The molecule has 4 heterocycles. The fourth-order valence-corrected chi connectivity index (χ4v) is 8.26. The number of carbonyl (C=O) groups excluding carboxylic acids is 3. The van der Waals surface area contributed by atoms with Gasteiger partial charge < -0.3 is 35.7 Å². The van der Waals surface area contributed by atoms with Gasteiger partial charge in [-0.3, -0.25) is 19.3 Å². The number of halogens is 1. The number of aromatic hydroxyl groups is 2. The number of phenols is 2. The molecule has 0 saturated carbocycles. The van der Waals surface area contributed by atoms with E-state index in [9.17, 15) is 34.5 Å². The lowest BCUT2D eigenvalue weighted by Crippen LogP contribution is -2.63. The van der Waals surface area contributed by atoms with Crippen LogP contribution in [0.2, 0.25) is 5.02 Å². The first-order valence-electron chi connectivity index (χ1n) is 14.1. The first kappa shape index (κ1) is 32.5. The van der Waals surface area contributed by atoms with E-state index in [2.05, 4.69) is 15.5 Å². The summed E-state index contributed by atoms with van der Waals surface area (Å²) in [6.45, 7) is 2.70. The molecule has 2 amide bonds. The average Bonchev–Trinajstić information content (AvgIpc) is 3.65. The Kier molecular flexibility index (Phi) is 9.57. The summed E-state index contributed by atoms with van der Waals surface area (Å²) >= 11 is 8.59. The van der Waals surface area contributed by atoms with Crippen LogP contribution in [0.3, 0.4) is 0 Å². The van der Waals surface area contributed by atoms with E-state index in [1.165, 1.54) is 35.9 Å². The second-order valence-corrected chi connectivity index (χ2v) is 13.4. The van der Waals surface area contributed by atoms with Crippen molar-refractivity contribution in [1.82, 2.24) is 15.2 Å². The molecular formula is C28H32ClN6O8S2+. The van der Waals surface area contributed by atoms with Crippen LogP contribution in [0.15, 0.2) is 33.9 Å². The van der Waals surface area contributed by atoms with Crippen LogP contribution in [0.5, 0.6) is 11.5 Å². The molecule has 1 aromatic heterocycles. The number of benzene rings is 1. The quantitative estimate of drug-likeness (QED) is 0.0721. The molecule has 1 unspecified atom stereocenters. The molecule has 2 fully saturated rings. The molecule has 2 aromatic rings. The Balaban J connectivity index is 1.28. The number of carboxylic acid groups (broad SMARTS) is 1. The number of nitrogens with two attached hydrogens (primary N) is 1. The van der Waals surface area contributed by atoms with Crippen molar-refractivity contribution in [1.29, 1.82) is 0 Å². The van der Waals surface area contributed by atoms with Gasteiger partial charge in [0.15, 0.2) is 28.1 Å². The number of quaternary nitrogens is 1. The first-order chi connectivity index (χ1) is 21.5. The third kappa shape index (κ3) is 6.45. The summed E-state index contributed by atoms with van der Waals surface area (Å²) < 4.78 is 0.531. The van der Waals surface area contributed by atoms with Crippen molar-refractivity contribution >= 4 is 69.1 Å². The van der Waals surface area contributed by atoms with Crippen molar-refractivity contribution in [2.75, 3.05) is 51.3 Å². The molecule has 2 atom stereocenters. The molecule has 14 nitrogen and oxygen atoms in total. The lowest BCUT2D eigenvalue weighted by Gasteiger charge is -2.50.